The number of benzene rings is 2. The molecule has 0 amide bonds. The van der Waals surface area contributed by atoms with E-state index in [4.69, 9.17) is 0 Å². The first-order chi connectivity index (χ1) is 12.4. The van der Waals surface area contributed by atoms with Crippen molar-refractivity contribution in [2.75, 3.05) is 0 Å². The highest BCUT2D eigenvalue weighted by atomic mass is 16.6. The Labute approximate surface area is 149 Å². The van der Waals surface area contributed by atoms with Gasteiger partial charge in [-0.1, -0.05) is 30.3 Å². The normalized spacial score (nSPS) is 10.5. The maximum Gasteiger partial charge on any atom is 0.311 e. The Morgan fingerprint density at radius 1 is 1.08 bits per heavy atom. The molecular weight excluding hydrogens is 334 g/mol. The summed E-state index contributed by atoms with van der Waals surface area (Å²) in [7, 11) is 0. The number of phenolic OH excluding ortho intramolecular Hbond substituents is 1. The lowest BCUT2D eigenvalue weighted by molar-refractivity contribution is -0.385. The van der Waals surface area contributed by atoms with Gasteiger partial charge in [-0.15, -0.1) is 0 Å². The fourth-order valence-electron chi connectivity index (χ4n) is 2.74. The lowest BCUT2D eigenvalue weighted by atomic mass is 10.0. The standard InChI is InChI=1S/C19H15N3O4/c1-11-17(12(2)23)18(14-8-9-16(24)15(10-14)22(25)26)21-19(20-11)13-6-4-3-5-7-13/h3-10,24H,1-2H3. The summed E-state index contributed by atoms with van der Waals surface area (Å²) in [5, 5.41) is 20.8. The van der Waals surface area contributed by atoms with Gasteiger partial charge in [0, 0.05) is 17.2 Å². The number of aromatic hydroxyl groups is 1. The van der Waals surface area contributed by atoms with Gasteiger partial charge < -0.3 is 5.11 Å². The molecular formula is C19H15N3O4. The first-order valence-corrected chi connectivity index (χ1v) is 7.81. The van der Waals surface area contributed by atoms with E-state index in [1.807, 2.05) is 30.3 Å². The van der Waals surface area contributed by atoms with Gasteiger partial charge in [-0.05, 0) is 26.0 Å². The van der Waals surface area contributed by atoms with Crippen molar-refractivity contribution in [3.8, 4) is 28.4 Å². The Hall–Kier alpha value is -3.61. The predicted molar refractivity (Wildman–Crippen MR) is 96.0 cm³/mol. The number of Topliss-reactive ketones (excluding diaryl/α,β-unsaturated/α-hetero) is 1. The van der Waals surface area contributed by atoms with Gasteiger partial charge >= 0.3 is 5.69 Å². The van der Waals surface area contributed by atoms with E-state index in [0.717, 1.165) is 5.56 Å². The van der Waals surface area contributed by atoms with Crippen LogP contribution in [-0.2, 0) is 0 Å². The van der Waals surface area contributed by atoms with Crippen molar-refractivity contribution in [3.05, 3.63) is 69.9 Å². The maximum atomic E-state index is 12.1. The van der Waals surface area contributed by atoms with Crippen LogP contribution in [0.4, 0.5) is 5.69 Å². The van der Waals surface area contributed by atoms with Gasteiger partial charge in [0.1, 0.15) is 0 Å². The molecule has 0 radical (unpaired) electrons. The summed E-state index contributed by atoms with van der Waals surface area (Å²) < 4.78 is 0. The summed E-state index contributed by atoms with van der Waals surface area (Å²) in [5.74, 6) is -0.274. The number of ketones is 1. The van der Waals surface area contributed by atoms with Crippen LogP contribution in [0.15, 0.2) is 48.5 Å². The molecule has 130 valence electrons. The molecule has 0 spiro atoms. The Morgan fingerprint density at radius 2 is 1.77 bits per heavy atom. The van der Waals surface area contributed by atoms with Crippen LogP contribution in [0.25, 0.3) is 22.6 Å². The molecule has 0 saturated heterocycles. The Kier molecular flexibility index (Phi) is 4.45. The Morgan fingerprint density at radius 3 is 2.38 bits per heavy atom. The zero-order chi connectivity index (χ0) is 18.8. The number of nitrogens with zero attached hydrogens (tertiary/aromatic N) is 3. The molecule has 1 aromatic heterocycles. The minimum Gasteiger partial charge on any atom is -0.502 e. The lowest BCUT2D eigenvalue weighted by Gasteiger charge is -2.12. The minimum absolute atomic E-state index is 0.243. The summed E-state index contributed by atoms with van der Waals surface area (Å²) in [5.41, 5.74) is 1.76. The monoisotopic (exact) mass is 349 g/mol. The minimum atomic E-state index is -0.682. The van der Waals surface area contributed by atoms with E-state index in [0.29, 0.717) is 28.3 Å². The molecule has 0 aliphatic carbocycles. The van der Waals surface area contributed by atoms with Crippen molar-refractivity contribution in [2.45, 2.75) is 13.8 Å². The van der Waals surface area contributed by atoms with E-state index in [2.05, 4.69) is 9.97 Å². The lowest BCUT2D eigenvalue weighted by Crippen LogP contribution is -2.07. The Bertz CT molecular complexity index is 1020. The van der Waals surface area contributed by atoms with Gasteiger partial charge in [-0.25, -0.2) is 9.97 Å². The summed E-state index contributed by atoms with van der Waals surface area (Å²) >= 11 is 0. The van der Waals surface area contributed by atoms with Crippen LogP contribution in [0, 0.1) is 17.0 Å². The number of aromatic nitrogens is 2. The number of aryl methyl sites for hydroxylation is 1. The molecule has 7 nitrogen and oxygen atoms in total. The number of carbonyl (C=O) groups excluding carboxylic acids is 1. The number of nitro benzene ring substituents is 1. The van der Waals surface area contributed by atoms with Crippen molar-refractivity contribution in [2.24, 2.45) is 0 Å². The summed E-state index contributed by atoms with van der Waals surface area (Å²) in [6.45, 7) is 3.09. The number of hydrogen-bond acceptors (Lipinski definition) is 6. The van der Waals surface area contributed by atoms with Crippen LogP contribution >= 0.6 is 0 Å². The molecule has 1 heterocycles. The highest BCUT2D eigenvalue weighted by molar-refractivity contribution is 6.01. The molecule has 1 N–H and O–H groups in total. The van der Waals surface area contributed by atoms with Crippen molar-refractivity contribution >= 4 is 11.5 Å². The molecule has 0 fully saturated rings. The molecule has 3 aromatic rings. The fourth-order valence-corrected chi connectivity index (χ4v) is 2.74. The highest BCUT2D eigenvalue weighted by Gasteiger charge is 2.21. The third-order valence-corrected chi connectivity index (χ3v) is 3.92. The first-order valence-electron chi connectivity index (χ1n) is 7.81. The van der Waals surface area contributed by atoms with Crippen molar-refractivity contribution in [1.29, 1.82) is 0 Å². The zero-order valence-electron chi connectivity index (χ0n) is 14.1. The molecule has 0 unspecified atom stereocenters. The molecule has 2 aromatic carbocycles. The van der Waals surface area contributed by atoms with Gasteiger partial charge in [0.05, 0.1) is 21.9 Å². The van der Waals surface area contributed by atoms with Crippen molar-refractivity contribution in [3.63, 3.8) is 0 Å². The van der Waals surface area contributed by atoms with Crippen molar-refractivity contribution in [1.82, 2.24) is 9.97 Å². The SMILES string of the molecule is CC(=O)c1c(C)nc(-c2ccccc2)nc1-c1ccc(O)c([N+](=O)[O-])c1. The molecule has 0 saturated carbocycles. The van der Waals surface area contributed by atoms with E-state index >= 15 is 0 Å². The third kappa shape index (κ3) is 3.14. The summed E-state index contributed by atoms with van der Waals surface area (Å²) in [6.07, 6.45) is 0. The summed E-state index contributed by atoms with van der Waals surface area (Å²) in [6, 6.07) is 13.2. The molecule has 0 aliphatic heterocycles. The molecule has 7 heteroatoms. The van der Waals surface area contributed by atoms with Gasteiger partial charge in [-0.2, -0.15) is 0 Å². The second-order valence-electron chi connectivity index (χ2n) is 5.74. The van der Waals surface area contributed by atoms with Gasteiger partial charge in [0.15, 0.2) is 17.4 Å². The van der Waals surface area contributed by atoms with Gasteiger partial charge in [0.2, 0.25) is 0 Å². The quantitative estimate of drug-likeness (QED) is 0.434. The van der Waals surface area contributed by atoms with Crippen molar-refractivity contribution < 1.29 is 14.8 Å². The smallest absolute Gasteiger partial charge is 0.311 e. The van der Waals surface area contributed by atoms with Crippen LogP contribution in [0.2, 0.25) is 0 Å². The number of carbonyl (C=O) groups is 1. The summed E-state index contributed by atoms with van der Waals surface area (Å²) in [4.78, 5) is 31.5. The molecule has 0 aliphatic rings. The average molecular weight is 349 g/mol. The van der Waals surface area contributed by atoms with E-state index in [-0.39, 0.29) is 5.78 Å². The Balaban J connectivity index is 2.28. The fraction of sp³-hybridized carbons (Fsp3) is 0.105. The maximum absolute atomic E-state index is 12.1. The van der Waals surface area contributed by atoms with E-state index in [1.54, 1.807) is 6.92 Å². The largest absolute Gasteiger partial charge is 0.502 e. The predicted octanol–water partition coefficient (Wildman–Crippen LogP) is 3.94. The first kappa shape index (κ1) is 17.2. The van der Waals surface area contributed by atoms with Crippen LogP contribution < -0.4 is 0 Å². The second kappa shape index (κ2) is 6.72. The van der Waals surface area contributed by atoms with E-state index in [1.165, 1.54) is 25.1 Å². The van der Waals surface area contributed by atoms with Crippen LogP contribution in [0.3, 0.4) is 0 Å². The molecule has 0 bridgehead atoms. The van der Waals surface area contributed by atoms with Gasteiger partial charge in [0.25, 0.3) is 0 Å². The number of phenols is 1. The number of rotatable bonds is 4. The van der Waals surface area contributed by atoms with Crippen LogP contribution in [0.5, 0.6) is 5.75 Å². The molecule has 26 heavy (non-hydrogen) atoms. The second-order valence-corrected chi connectivity index (χ2v) is 5.74. The zero-order valence-corrected chi connectivity index (χ0v) is 14.1. The highest BCUT2D eigenvalue weighted by Crippen LogP contribution is 2.33. The number of nitro groups is 1. The third-order valence-electron chi connectivity index (χ3n) is 3.92. The molecule has 0 atom stereocenters. The average Bonchev–Trinajstić information content (AvgIpc) is 2.61. The molecule has 3 rings (SSSR count). The number of hydrogen-bond donors (Lipinski definition) is 1. The van der Waals surface area contributed by atoms with Gasteiger partial charge in [-0.3, -0.25) is 14.9 Å². The van der Waals surface area contributed by atoms with E-state index < -0.39 is 16.4 Å². The van der Waals surface area contributed by atoms with Crippen LogP contribution in [-0.4, -0.2) is 25.8 Å². The van der Waals surface area contributed by atoms with E-state index in [9.17, 15) is 20.0 Å². The van der Waals surface area contributed by atoms with Crippen LogP contribution in [0.1, 0.15) is 23.0 Å². The topological polar surface area (TPSA) is 106 Å².